The minimum Gasteiger partial charge on any atom is -0.343 e. The number of para-hydroxylation sites is 1. The van der Waals surface area contributed by atoms with Crippen LogP contribution in [0, 0.1) is 0 Å². The SMILES string of the molecule is C1=C2B(c3ccccc3)CCN(c3ccccc3)C2=CCC1. The molecule has 2 aromatic carbocycles. The Kier molecular flexibility index (Phi) is 3.60. The van der Waals surface area contributed by atoms with Gasteiger partial charge in [0.05, 0.1) is 0 Å². The molecule has 1 fully saturated rings. The number of fused-ring (bicyclic) bond motifs is 1. The summed E-state index contributed by atoms with van der Waals surface area (Å²) in [5, 5.41) is 0. The average Bonchev–Trinajstić information content (AvgIpc) is 2.62. The van der Waals surface area contributed by atoms with Crippen LogP contribution in [0.2, 0.25) is 6.32 Å². The Balaban J connectivity index is 1.71. The number of allylic oxidation sites excluding steroid dienone is 3. The van der Waals surface area contributed by atoms with E-state index in [1.807, 2.05) is 0 Å². The molecule has 2 aliphatic rings. The van der Waals surface area contributed by atoms with Crippen LogP contribution in [0.15, 0.2) is 84.0 Å². The van der Waals surface area contributed by atoms with Crippen LogP contribution >= 0.6 is 0 Å². The summed E-state index contributed by atoms with van der Waals surface area (Å²) in [5.74, 6) is 0. The van der Waals surface area contributed by atoms with Crippen LogP contribution in [0.4, 0.5) is 5.69 Å². The van der Waals surface area contributed by atoms with Gasteiger partial charge in [0.15, 0.2) is 0 Å². The van der Waals surface area contributed by atoms with Crippen molar-refractivity contribution in [1.29, 1.82) is 0 Å². The molecule has 2 heteroatoms. The second kappa shape index (κ2) is 5.88. The quantitative estimate of drug-likeness (QED) is 0.752. The molecule has 0 bridgehead atoms. The van der Waals surface area contributed by atoms with Crippen molar-refractivity contribution in [3.63, 3.8) is 0 Å². The summed E-state index contributed by atoms with van der Waals surface area (Å²) in [4.78, 5) is 2.49. The summed E-state index contributed by atoms with van der Waals surface area (Å²) < 4.78 is 0. The van der Waals surface area contributed by atoms with E-state index in [-0.39, 0.29) is 0 Å². The second-order valence-corrected chi connectivity index (χ2v) is 6.07. The summed E-state index contributed by atoms with van der Waals surface area (Å²) in [7, 11) is 0. The van der Waals surface area contributed by atoms with Crippen molar-refractivity contribution in [3.05, 3.63) is 84.0 Å². The Labute approximate surface area is 133 Å². The molecule has 4 rings (SSSR count). The van der Waals surface area contributed by atoms with Gasteiger partial charge in [0.1, 0.15) is 0 Å². The minimum atomic E-state index is 0.549. The van der Waals surface area contributed by atoms with Crippen molar-refractivity contribution in [2.24, 2.45) is 0 Å². The highest BCUT2D eigenvalue weighted by Gasteiger charge is 2.33. The first-order valence-electron chi connectivity index (χ1n) is 8.21. The van der Waals surface area contributed by atoms with Crippen molar-refractivity contribution in [1.82, 2.24) is 0 Å². The summed E-state index contributed by atoms with van der Waals surface area (Å²) in [6.07, 6.45) is 8.40. The fraction of sp³-hybridized carbons (Fsp3) is 0.200. The van der Waals surface area contributed by atoms with Gasteiger partial charge in [-0.3, -0.25) is 0 Å². The predicted molar refractivity (Wildman–Crippen MR) is 95.8 cm³/mol. The number of benzene rings is 2. The van der Waals surface area contributed by atoms with Crippen LogP contribution in [0.5, 0.6) is 0 Å². The van der Waals surface area contributed by atoms with Gasteiger partial charge in [-0.15, -0.1) is 0 Å². The molecule has 0 spiro atoms. The summed E-state index contributed by atoms with van der Waals surface area (Å²) in [6.45, 7) is 1.64. The lowest BCUT2D eigenvalue weighted by Gasteiger charge is -2.38. The van der Waals surface area contributed by atoms with Gasteiger partial charge < -0.3 is 4.90 Å². The molecule has 0 amide bonds. The zero-order chi connectivity index (χ0) is 14.8. The van der Waals surface area contributed by atoms with E-state index in [2.05, 4.69) is 77.7 Å². The van der Waals surface area contributed by atoms with E-state index >= 15 is 0 Å². The van der Waals surface area contributed by atoms with Crippen molar-refractivity contribution in [2.75, 3.05) is 11.4 Å². The largest absolute Gasteiger partial charge is 0.343 e. The van der Waals surface area contributed by atoms with Gasteiger partial charge in [0.2, 0.25) is 6.71 Å². The monoisotopic (exact) mass is 285 g/mol. The standard InChI is InChI=1S/C20H20BN/c1-3-9-17(10-4-1)21-15-16-22(18-11-5-2-6-12-18)20-14-8-7-13-19(20)21/h1-6,9-14H,7-8,15-16H2. The number of hydrogen-bond donors (Lipinski definition) is 0. The third-order valence-corrected chi connectivity index (χ3v) is 4.74. The third kappa shape index (κ3) is 2.39. The van der Waals surface area contributed by atoms with Gasteiger partial charge in [-0.05, 0) is 31.3 Å². The van der Waals surface area contributed by atoms with Gasteiger partial charge in [0.25, 0.3) is 0 Å². The maximum atomic E-state index is 2.49. The van der Waals surface area contributed by atoms with Crippen LogP contribution in [0.3, 0.4) is 0 Å². The Bertz CT molecular complexity index is 640. The molecule has 0 atom stereocenters. The van der Waals surface area contributed by atoms with E-state index in [0.29, 0.717) is 6.71 Å². The molecule has 108 valence electrons. The van der Waals surface area contributed by atoms with E-state index in [1.165, 1.54) is 35.1 Å². The lowest BCUT2D eigenvalue weighted by atomic mass is 9.35. The van der Waals surface area contributed by atoms with Crippen molar-refractivity contribution < 1.29 is 0 Å². The number of hydrogen-bond acceptors (Lipinski definition) is 1. The molecule has 1 heterocycles. The van der Waals surface area contributed by atoms with Crippen molar-refractivity contribution in [2.45, 2.75) is 19.2 Å². The van der Waals surface area contributed by atoms with E-state index in [1.54, 1.807) is 0 Å². The summed E-state index contributed by atoms with van der Waals surface area (Å²) in [6, 6.07) is 21.8. The zero-order valence-electron chi connectivity index (χ0n) is 12.8. The van der Waals surface area contributed by atoms with Gasteiger partial charge in [-0.2, -0.15) is 0 Å². The predicted octanol–water partition coefficient (Wildman–Crippen LogP) is 4.05. The molecule has 0 N–H and O–H groups in total. The van der Waals surface area contributed by atoms with Crippen LogP contribution in [0.1, 0.15) is 12.8 Å². The molecular weight excluding hydrogens is 265 g/mol. The highest BCUT2D eigenvalue weighted by Crippen LogP contribution is 2.34. The molecule has 0 saturated carbocycles. The molecule has 2 aromatic rings. The van der Waals surface area contributed by atoms with E-state index < -0.39 is 0 Å². The van der Waals surface area contributed by atoms with Gasteiger partial charge >= 0.3 is 0 Å². The first-order valence-corrected chi connectivity index (χ1v) is 8.21. The van der Waals surface area contributed by atoms with E-state index in [0.717, 1.165) is 13.0 Å². The van der Waals surface area contributed by atoms with Gasteiger partial charge in [0, 0.05) is 17.9 Å². The Morgan fingerprint density at radius 3 is 2.23 bits per heavy atom. The Hall–Kier alpha value is -2.22. The molecular formula is C20H20BN. The van der Waals surface area contributed by atoms with Crippen LogP contribution in [-0.2, 0) is 0 Å². The molecule has 0 aromatic heterocycles. The Morgan fingerprint density at radius 2 is 1.45 bits per heavy atom. The minimum absolute atomic E-state index is 0.549. The average molecular weight is 285 g/mol. The first kappa shape index (κ1) is 13.4. The molecule has 0 unspecified atom stereocenters. The van der Waals surface area contributed by atoms with Crippen LogP contribution < -0.4 is 10.4 Å². The highest BCUT2D eigenvalue weighted by atomic mass is 15.1. The van der Waals surface area contributed by atoms with Crippen LogP contribution in [-0.4, -0.2) is 13.3 Å². The molecule has 1 aliphatic heterocycles. The molecule has 22 heavy (non-hydrogen) atoms. The molecule has 1 aliphatic carbocycles. The maximum Gasteiger partial charge on any atom is 0.213 e. The molecule has 1 saturated heterocycles. The smallest absolute Gasteiger partial charge is 0.213 e. The van der Waals surface area contributed by atoms with E-state index in [4.69, 9.17) is 0 Å². The van der Waals surface area contributed by atoms with Gasteiger partial charge in [-0.1, -0.05) is 71.6 Å². The van der Waals surface area contributed by atoms with E-state index in [9.17, 15) is 0 Å². The molecule has 0 radical (unpaired) electrons. The molecule has 1 nitrogen and oxygen atoms in total. The number of rotatable bonds is 2. The number of anilines is 1. The fourth-order valence-corrected chi connectivity index (χ4v) is 3.71. The second-order valence-electron chi connectivity index (χ2n) is 6.07. The fourth-order valence-electron chi connectivity index (χ4n) is 3.71. The van der Waals surface area contributed by atoms with Gasteiger partial charge in [-0.25, -0.2) is 0 Å². The zero-order valence-corrected chi connectivity index (χ0v) is 12.8. The van der Waals surface area contributed by atoms with Crippen molar-refractivity contribution in [3.8, 4) is 0 Å². The summed E-state index contributed by atoms with van der Waals surface area (Å²) >= 11 is 0. The normalized spacial score (nSPS) is 17.6. The van der Waals surface area contributed by atoms with Crippen molar-refractivity contribution >= 4 is 17.9 Å². The number of nitrogens with zero attached hydrogens (tertiary/aromatic N) is 1. The Morgan fingerprint density at radius 1 is 0.773 bits per heavy atom. The van der Waals surface area contributed by atoms with Crippen LogP contribution in [0.25, 0.3) is 0 Å². The lowest BCUT2D eigenvalue weighted by Crippen LogP contribution is -2.45. The first-order chi connectivity index (χ1) is 10.9. The lowest BCUT2D eigenvalue weighted by molar-refractivity contribution is 0.893. The maximum absolute atomic E-state index is 2.49. The highest BCUT2D eigenvalue weighted by molar-refractivity contribution is 6.81. The topological polar surface area (TPSA) is 3.24 Å². The third-order valence-electron chi connectivity index (χ3n) is 4.74. The summed E-state index contributed by atoms with van der Waals surface area (Å²) in [5.41, 5.74) is 5.72.